The fourth-order valence-electron chi connectivity index (χ4n) is 4.72. The zero-order valence-electron chi connectivity index (χ0n) is 16.7. The Kier molecular flexibility index (Phi) is 8.10. The Morgan fingerprint density at radius 2 is 2.00 bits per heavy atom. The van der Waals surface area contributed by atoms with Gasteiger partial charge in [0.1, 0.15) is 5.82 Å². The molecule has 2 nitrogen and oxygen atoms in total. The fourth-order valence-corrected chi connectivity index (χ4v) is 4.72. The number of nitrogens with zero attached hydrogens (tertiary/aromatic N) is 1. The van der Waals surface area contributed by atoms with Crippen molar-refractivity contribution in [1.29, 1.82) is 5.26 Å². The zero-order valence-corrected chi connectivity index (χ0v) is 16.7. The van der Waals surface area contributed by atoms with Crippen LogP contribution < -0.4 is 5.32 Å². The smallest absolute Gasteiger partial charge is 0.123 e. The highest BCUT2D eigenvalue weighted by Gasteiger charge is 2.43. The lowest BCUT2D eigenvalue weighted by atomic mass is 9.66. The summed E-state index contributed by atoms with van der Waals surface area (Å²) < 4.78 is 13.8. The maximum absolute atomic E-state index is 13.8. The number of halogens is 1. The van der Waals surface area contributed by atoms with Gasteiger partial charge in [0.2, 0.25) is 0 Å². The summed E-state index contributed by atoms with van der Waals surface area (Å²) in [6.45, 7) is 7.19. The van der Waals surface area contributed by atoms with E-state index in [0.717, 1.165) is 30.9 Å². The lowest BCUT2D eigenvalue weighted by molar-refractivity contribution is 0.266. The second-order valence-corrected chi connectivity index (χ2v) is 8.21. The molecule has 0 spiro atoms. The number of hydrogen-bond donors (Lipinski definition) is 1. The lowest BCUT2D eigenvalue weighted by Crippen LogP contribution is -2.51. The van der Waals surface area contributed by atoms with Crippen molar-refractivity contribution in [2.75, 3.05) is 6.54 Å². The quantitative estimate of drug-likeness (QED) is 0.552. The van der Waals surface area contributed by atoms with E-state index in [1.54, 1.807) is 6.07 Å². The molecule has 144 valence electrons. The van der Waals surface area contributed by atoms with Crippen molar-refractivity contribution in [2.24, 2.45) is 11.8 Å². The number of nitriles is 1. The van der Waals surface area contributed by atoms with Gasteiger partial charge in [-0.15, -0.1) is 0 Å². The standard InChI is InChI=1S/C23H35FN2/c1-4-22(26-15-9-12-19-10-6-5-7-11-19)23(17-25,18(2)3)20-13-8-14-21(24)16-20/h8,13-14,16,18-19,22,26H,4-7,9-12,15H2,1-3H3. The molecule has 0 aliphatic heterocycles. The highest BCUT2D eigenvalue weighted by molar-refractivity contribution is 5.36. The molecule has 1 aromatic carbocycles. The second kappa shape index (κ2) is 10.1. The Hall–Kier alpha value is -1.40. The van der Waals surface area contributed by atoms with Crippen molar-refractivity contribution in [3.8, 4) is 6.07 Å². The van der Waals surface area contributed by atoms with Crippen molar-refractivity contribution in [2.45, 2.75) is 83.6 Å². The van der Waals surface area contributed by atoms with Crippen molar-refractivity contribution >= 4 is 0 Å². The van der Waals surface area contributed by atoms with Crippen molar-refractivity contribution < 1.29 is 4.39 Å². The number of rotatable bonds is 9. The molecule has 3 heteroatoms. The molecule has 26 heavy (non-hydrogen) atoms. The minimum absolute atomic E-state index is 0.0284. The van der Waals surface area contributed by atoms with Crippen molar-refractivity contribution in [3.63, 3.8) is 0 Å². The highest BCUT2D eigenvalue weighted by Crippen LogP contribution is 2.37. The molecule has 2 unspecified atom stereocenters. The first-order chi connectivity index (χ1) is 12.5. The van der Waals surface area contributed by atoms with Crippen LogP contribution in [0, 0.1) is 29.0 Å². The van der Waals surface area contributed by atoms with Gasteiger partial charge in [-0.05, 0) is 55.3 Å². The van der Waals surface area contributed by atoms with E-state index < -0.39 is 5.41 Å². The zero-order chi connectivity index (χ0) is 19.0. The van der Waals surface area contributed by atoms with Crippen LogP contribution in [-0.2, 0) is 5.41 Å². The minimum Gasteiger partial charge on any atom is -0.312 e. The number of benzene rings is 1. The largest absolute Gasteiger partial charge is 0.312 e. The summed E-state index contributed by atoms with van der Waals surface area (Å²) in [7, 11) is 0. The van der Waals surface area contributed by atoms with E-state index in [1.165, 1.54) is 50.7 Å². The molecule has 0 heterocycles. The number of nitrogens with one attached hydrogen (secondary N) is 1. The van der Waals surface area contributed by atoms with E-state index >= 15 is 0 Å². The molecule has 1 aromatic rings. The predicted octanol–water partition coefficient (Wildman–Crippen LogP) is 5.97. The molecule has 0 saturated heterocycles. The van der Waals surface area contributed by atoms with Gasteiger partial charge in [-0.3, -0.25) is 0 Å². The minimum atomic E-state index is -0.707. The Labute approximate surface area is 159 Å². The summed E-state index contributed by atoms with van der Waals surface area (Å²) >= 11 is 0. The molecule has 0 aromatic heterocycles. The van der Waals surface area contributed by atoms with Crippen LogP contribution in [0.25, 0.3) is 0 Å². The molecule has 0 radical (unpaired) electrons. The Morgan fingerprint density at radius 1 is 1.27 bits per heavy atom. The summed E-state index contributed by atoms with van der Waals surface area (Å²) in [6, 6.07) is 9.20. The van der Waals surface area contributed by atoms with Crippen LogP contribution in [0.1, 0.15) is 77.7 Å². The molecule has 0 amide bonds. The molecule has 1 aliphatic carbocycles. The second-order valence-electron chi connectivity index (χ2n) is 8.21. The van der Waals surface area contributed by atoms with Crippen LogP contribution in [0.15, 0.2) is 24.3 Å². The molecule has 1 saturated carbocycles. The van der Waals surface area contributed by atoms with E-state index in [0.29, 0.717) is 0 Å². The van der Waals surface area contributed by atoms with Crippen LogP contribution in [0.5, 0.6) is 0 Å². The molecular formula is C23H35FN2. The summed E-state index contributed by atoms with van der Waals surface area (Å²) in [4.78, 5) is 0. The van der Waals surface area contributed by atoms with Crippen molar-refractivity contribution in [1.82, 2.24) is 5.32 Å². The third-order valence-electron chi connectivity index (χ3n) is 6.26. The normalized spacial score (nSPS) is 19.1. The van der Waals surface area contributed by atoms with E-state index in [1.807, 2.05) is 6.07 Å². The Bertz CT molecular complexity index is 586. The maximum atomic E-state index is 13.8. The summed E-state index contributed by atoms with van der Waals surface area (Å²) in [5.74, 6) is 0.722. The first kappa shape index (κ1) is 20.9. The topological polar surface area (TPSA) is 35.8 Å². The van der Waals surface area contributed by atoms with Gasteiger partial charge in [-0.25, -0.2) is 4.39 Å². The molecule has 2 atom stereocenters. The van der Waals surface area contributed by atoms with Gasteiger partial charge in [0.05, 0.1) is 11.5 Å². The van der Waals surface area contributed by atoms with Crippen LogP contribution >= 0.6 is 0 Å². The van der Waals surface area contributed by atoms with Crippen LogP contribution in [-0.4, -0.2) is 12.6 Å². The van der Waals surface area contributed by atoms with Gasteiger partial charge in [0.25, 0.3) is 0 Å². The first-order valence-electron chi connectivity index (χ1n) is 10.4. The fraction of sp³-hybridized carbons (Fsp3) is 0.696. The average molecular weight is 359 g/mol. The van der Waals surface area contributed by atoms with Crippen LogP contribution in [0.2, 0.25) is 0 Å². The molecule has 2 rings (SSSR count). The SMILES string of the molecule is CCC(NCCCC1CCCCC1)C(C#N)(c1cccc(F)c1)C(C)C. The molecular weight excluding hydrogens is 323 g/mol. The van der Waals surface area contributed by atoms with E-state index in [2.05, 4.69) is 32.2 Å². The maximum Gasteiger partial charge on any atom is 0.123 e. The van der Waals surface area contributed by atoms with Gasteiger partial charge >= 0.3 is 0 Å². The van der Waals surface area contributed by atoms with E-state index in [9.17, 15) is 9.65 Å². The Balaban J connectivity index is 2.05. The van der Waals surface area contributed by atoms with E-state index in [-0.39, 0.29) is 17.8 Å². The molecule has 0 bridgehead atoms. The summed E-state index contributed by atoms with van der Waals surface area (Å²) in [5.41, 5.74) is 0.0865. The van der Waals surface area contributed by atoms with Gasteiger partial charge in [0.15, 0.2) is 0 Å². The van der Waals surface area contributed by atoms with Crippen LogP contribution in [0.4, 0.5) is 4.39 Å². The van der Waals surface area contributed by atoms with Gasteiger partial charge < -0.3 is 5.32 Å². The van der Waals surface area contributed by atoms with Crippen LogP contribution in [0.3, 0.4) is 0 Å². The van der Waals surface area contributed by atoms with E-state index in [4.69, 9.17) is 0 Å². The van der Waals surface area contributed by atoms with Gasteiger partial charge in [0, 0.05) is 6.04 Å². The number of hydrogen-bond acceptors (Lipinski definition) is 2. The van der Waals surface area contributed by atoms with Crippen molar-refractivity contribution in [3.05, 3.63) is 35.6 Å². The molecule has 1 fully saturated rings. The first-order valence-corrected chi connectivity index (χ1v) is 10.4. The molecule has 1 aliphatic rings. The summed E-state index contributed by atoms with van der Waals surface area (Å²) in [5, 5.41) is 13.8. The highest BCUT2D eigenvalue weighted by atomic mass is 19.1. The third kappa shape index (κ3) is 4.86. The monoisotopic (exact) mass is 358 g/mol. The lowest BCUT2D eigenvalue weighted by Gasteiger charge is -2.39. The molecule has 1 N–H and O–H groups in total. The summed E-state index contributed by atoms with van der Waals surface area (Å²) in [6.07, 6.45) is 10.2. The predicted molar refractivity (Wildman–Crippen MR) is 106 cm³/mol. The van der Waals surface area contributed by atoms with Gasteiger partial charge in [-0.2, -0.15) is 5.26 Å². The Morgan fingerprint density at radius 3 is 2.58 bits per heavy atom. The average Bonchev–Trinajstić information content (AvgIpc) is 2.65. The van der Waals surface area contributed by atoms with Gasteiger partial charge in [-0.1, -0.05) is 65.0 Å². The third-order valence-corrected chi connectivity index (χ3v) is 6.26.